The molecule has 0 aromatic heterocycles. The molecule has 0 aliphatic carbocycles. The maximum atomic E-state index is 12.3. The van der Waals surface area contributed by atoms with Crippen molar-refractivity contribution in [3.63, 3.8) is 0 Å². The number of aliphatic hydroxyl groups is 1. The molecule has 3 saturated heterocycles. The van der Waals surface area contributed by atoms with Gasteiger partial charge in [0.25, 0.3) is 0 Å². The first-order valence-corrected chi connectivity index (χ1v) is 30.1. The quantitative estimate of drug-likeness (QED) is 0.0475. The SMILES string of the molecule is CC1OC(OC2C(OC3C(O)OCC(OCc4ccccc4)C3OCc3ccccc3)OC(COCc3ccccc3)C(OCc3ccccc3)C2OCc2ccccc2)C(OCc2ccccc2)C(OCc2ccccc2)C1OCc1ccccc1. The average Bonchev–Trinajstić information content (AvgIpc) is 3.31. The van der Waals surface area contributed by atoms with Crippen LogP contribution in [0.2, 0.25) is 0 Å². The van der Waals surface area contributed by atoms with Crippen LogP contribution in [0.5, 0.6) is 0 Å². The van der Waals surface area contributed by atoms with Gasteiger partial charge in [-0.25, -0.2) is 0 Å². The molecule has 0 saturated carbocycles. The van der Waals surface area contributed by atoms with Crippen molar-refractivity contribution in [3.8, 4) is 0 Å². The zero-order valence-electron chi connectivity index (χ0n) is 49.0. The maximum absolute atomic E-state index is 12.3. The van der Waals surface area contributed by atoms with Crippen LogP contribution in [0, 0.1) is 0 Å². The summed E-state index contributed by atoms with van der Waals surface area (Å²) in [5.74, 6) is 0. The second-order valence-electron chi connectivity index (χ2n) is 22.1. The molecule has 0 bridgehead atoms. The average molecular weight is 1180 g/mol. The van der Waals surface area contributed by atoms with Crippen LogP contribution in [0.1, 0.15) is 51.4 Å². The van der Waals surface area contributed by atoms with Crippen LogP contribution in [0.15, 0.2) is 243 Å². The van der Waals surface area contributed by atoms with Gasteiger partial charge in [0.15, 0.2) is 18.9 Å². The molecule has 1 N–H and O–H groups in total. The third-order valence-corrected chi connectivity index (χ3v) is 15.7. The van der Waals surface area contributed by atoms with Crippen molar-refractivity contribution < 1.29 is 66.7 Å². The Balaban J connectivity index is 1.00. The van der Waals surface area contributed by atoms with Gasteiger partial charge < -0.3 is 66.7 Å². The van der Waals surface area contributed by atoms with Crippen LogP contribution >= 0.6 is 0 Å². The molecule has 11 rings (SSSR count). The summed E-state index contributed by atoms with van der Waals surface area (Å²) in [6.45, 7) is 3.74. The first kappa shape index (κ1) is 61.8. The number of aliphatic hydroxyl groups excluding tert-OH is 1. The van der Waals surface area contributed by atoms with E-state index in [2.05, 4.69) is 0 Å². The summed E-state index contributed by atoms with van der Waals surface area (Å²) in [6.07, 6.45) is -13.8. The van der Waals surface area contributed by atoms with E-state index in [0.29, 0.717) is 0 Å². The van der Waals surface area contributed by atoms with E-state index in [0.717, 1.165) is 44.5 Å². The Hall–Kier alpha value is -6.80. The van der Waals surface area contributed by atoms with E-state index in [1.165, 1.54) is 0 Å². The topological polar surface area (TPSA) is 140 Å². The Bertz CT molecular complexity index is 3160. The van der Waals surface area contributed by atoms with Crippen LogP contribution in [0.25, 0.3) is 0 Å². The van der Waals surface area contributed by atoms with Gasteiger partial charge in [0, 0.05) is 0 Å². The van der Waals surface area contributed by atoms with Gasteiger partial charge in [0.05, 0.1) is 72.2 Å². The van der Waals surface area contributed by atoms with Crippen molar-refractivity contribution in [2.45, 2.75) is 146 Å². The summed E-state index contributed by atoms with van der Waals surface area (Å²) >= 11 is 0. The molecule has 0 spiro atoms. The van der Waals surface area contributed by atoms with Gasteiger partial charge in [-0.1, -0.05) is 243 Å². The van der Waals surface area contributed by atoms with Crippen molar-refractivity contribution >= 4 is 0 Å². The van der Waals surface area contributed by atoms with Gasteiger partial charge in [-0.05, 0) is 51.4 Å². The second-order valence-corrected chi connectivity index (χ2v) is 22.1. The van der Waals surface area contributed by atoms with Crippen molar-refractivity contribution in [1.29, 1.82) is 0 Å². The van der Waals surface area contributed by atoms with Gasteiger partial charge in [-0.2, -0.15) is 0 Å². The molecule has 0 amide bonds. The largest absolute Gasteiger partial charge is 0.374 e. The lowest BCUT2D eigenvalue weighted by atomic mass is 9.96. The standard InChI is InChI=1S/C73H78O14/c1-52-63(77-44-55-30-14-4-15-31-55)66(80-47-58-36-20-7-21-37-58)69(82-49-60-40-24-9-25-41-60)72(84-52)87-70-67(81-48-59-38-22-8-23-39-59)65(79-46-57-34-18-6-19-35-57)62(50-75-42-53-26-10-2-11-27-53)85-73(70)86-68-64(78-45-56-32-16-5-17-33-56)61(51-83-71(68)74)76-43-54-28-12-3-13-29-54/h2-41,52,61-74H,42-51H2,1H3. The predicted molar refractivity (Wildman–Crippen MR) is 326 cm³/mol. The molecule has 454 valence electrons. The summed E-state index contributed by atoms with van der Waals surface area (Å²) in [4.78, 5) is 0. The van der Waals surface area contributed by atoms with Gasteiger partial charge in [0.2, 0.25) is 0 Å². The lowest BCUT2D eigenvalue weighted by Crippen LogP contribution is -2.67. The Morgan fingerprint density at radius 3 is 1.05 bits per heavy atom. The minimum absolute atomic E-state index is 0.0129. The lowest BCUT2D eigenvalue weighted by molar-refractivity contribution is -0.398. The maximum Gasteiger partial charge on any atom is 0.187 e. The Kier molecular flexibility index (Phi) is 23.1. The van der Waals surface area contributed by atoms with Crippen LogP contribution in [-0.2, 0) is 114 Å². The van der Waals surface area contributed by atoms with Gasteiger partial charge in [0.1, 0.15) is 61.0 Å². The predicted octanol–water partition coefficient (Wildman–Crippen LogP) is 11.9. The van der Waals surface area contributed by atoms with E-state index in [1.54, 1.807) is 0 Å². The molecule has 14 unspecified atom stereocenters. The van der Waals surface area contributed by atoms with E-state index in [4.69, 9.17) is 61.6 Å². The van der Waals surface area contributed by atoms with Crippen molar-refractivity contribution in [2.75, 3.05) is 13.2 Å². The van der Waals surface area contributed by atoms with Crippen molar-refractivity contribution in [2.24, 2.45) is 0 Å². The molecule has 14 heteroatoms. The lowest BCUT2D eigenvalue weighted by Gasteiger charge is -2.51. The first-order valence-electron chi connectivity index (χ1n) is 30.1. The number of rotatable bonds is 29. The molecule has 3 fully saturated rings. The molecular weight excluding hydrogens is 1100 g/mol. The number of ether oxygens (including phenoxy) is 13. The highest BCUT2D eigenvalue weighted by Crippen LogP contribution is 2.39. The van der Waals surface area contributed by atoms with Crippen LogP contribution in [0.4, 0.5) is 0 Å². The minimum atomic E-state index is -1.51. The summed E-state index contributed by atoms with van der Waals surface area (Å²) in [5.41, 5.74) is 7.55. The highest BCUT2D eigenvalue weighted by Gasteiger charge is 2.56. The van der Waals surface area contributed by atoms with E-state index >= 15 is 0 Å². The van der Waals surface area contributed by atoms with Crippen LogP contribution in [-0.4, -0.2) is 104 Å². The summed E-state index contributed by atoms with van der Waals surface area (Å²) in [7, 11) is 0. The Labute approximate surface area is 510 Å². The van der Waals surface area contributed by atoms with E-state index in [9.17, 15) is 5.11 Å². The molecular formula is C73H78O14. The van der Waals surface area contributed by atoms with Gasteiger partial charge in [-0.15, -0.1) is 0 Å². The van der Waals surface area contributed by atoms with Gasteiger partial charge >= 0.3 is 0 Å². The van der Waals surface area contributed by atoms with Crippen molar-refractivity contribution in [1.82, 2.24) is 0 Å². The molecule has 87 heavy (non-hydrogen) atoms. The molecule has 14 nitrogen and oxygen atoms in total. The Morgan fingerprint density at radius 1 is 0.322 bits per heavy atom. The fraction of sp³-hybridized carbons (Fsp3) is 0.342. The first-order chi connectivity index (χ1) is 43.0. The molecule has 14 atom stereocenters. The smallest absolute Gasteiger partial charge is 0.187 e. The zero-order chi connectivity index (χ0) is 59.2. The van der Waals surface area contributed by atoms with Crippen LogP contribution in [0.3, 0.4) is 0 Å². The number of hydrogen-bond acceptors (Lipinski definition) is 14. The Morgan fingerprint density at radius 2 is 0.632 bits per heavy atom. The monoisotopic (exact) mass is 1180 g/mol. The number of hydrogen-bond donors (Lipinski definition) is 1. The second kappa shape index (κ2) is 32.4. The molecule has 3 aliphatic heterocycles. The molecule has 0 radical (unpaired) electrons. The molecule has 3 aliphatic rings. The minimum Gasteiger partial charge on any atom is -0.374 e. The highest BCUT2D eigenvalue weighted by atomic mass is 16.8. The van der Waals surface area contributed by atoms with E-state index in [1.807, 2.05) is 250 Å². The summed E-state index contributed by atoms with van der Waals surface area (Å²) in [5, 5.41) is 12.3. The van der Waals surface area contributed by atoms with Gasteiger partial charge in [-0.3, -0.25) is 0 Å². The summed E-state index contributed by atoms with van der Waals surface area (Å²) < 4.78 is 91.2. The highest BCUT2D eigenvalue weighted by molar-refractivity contribution is 5.20. The van der Waals surface area contributed by atoms with E-state index in [-0.39, 0.29) is 66.1 Å². The fourth-order valence-corrected chi connectivity index (χ4v) is 11.1. The molecule has 3 heterocycles. The zero-order valence-corrected chi connectivity index (χ0v) is 49.0. The molecule has 8 aromatic rings. The fourth-order valence-electron chi connectivity index (χ4n) is 11.1. The normalized spacial score (nSPS) is 26.5. The third-order valence-electron chi connectivity index (χ3n) is 15.7. The van der Waals surface area contributed by atoms with Crippen LogP contribution < -0.4 is 0 Å². The van der Waals surface area contributed by atoms with E-state index < -0.39 is 86.0 Å². The number of benzene rings is 8. The molecule has 8 aromatic carbocycles. The summed E-state index contributed by atoms with van der Waals surface area (Å²) in [6, 6.07) is 79.5. The van der Waals surface area contributed by atoms with Crippen molar-refractivity contribution in [3.05, 3.63) is 287 Å². The third kappa shape index (κ3) is 17.7.